The zero-order chi connectivity index (χ0) is 21.0. The average molecular weight is 410 g/mol. The van der Waals surface area contributed by atoms with Crippen molar-refractivity contribution in [2.24, 2.45) is 0 Å². The number of rotatable bonds is 8. The van der Waals surface area contributed by atoms with Crippen molar-refractivity contribution in [3.8, 4) is 5.69 Å². The van der Waals surface area contributed by atoms with Crippen LogP contribution in [-0.2, 0) is 11.2 Å². The molecule has 0 spiro atoms. The van der Waals surface area contributed by atoms with Gasteiger partial charge in [-0.2, -0.15) is 5.10 Å². The molecule has 0 aliphatic rings. The molecule has 3 rings (SSSR count). The van der Waals surface area contributed by atoms with E-state index in [1.54, 1.807) is 11.3 Å². The fraction of sp³-hybridized carbons (Fsp3) is 0.348. The number of Topliss-reactive ketones (excluding diaryl/α,β-unsaturated/α-hetero) is 1. The number of hydrogen-bond acceptors (Lipinski definition) is 4. The molecular formula is C23H27N3O2S. The molecule has 0 aliphatic carbocycles. The zero-order valence-electron chi connectivity index (χ0n) is 17.4. The predicted octanol–water partition coefficient (Wildman–Crippen LogP) is 4.49. The molecular weight excluding hydrogens is 382 g/mol. The van der Waals surface area contributed by atoms with Crippen LogP contribution in [0.4, 0.5) is 0 Å². The maximum atomic E-state index is 12.3. The summed E-state index contributed by atoms with van der Waals surface area (Å²) >= 11 is 1.62. The Morgan fingerprint density at radius 2 is 1.76 bits per heavy atom. The van der Waals surface area contributed by atoms with Gasteiger partial charge in [0.05, 0.1) is 11.4 Å². The first-order valence-electron chi connectivity index (χ1n) is 9.83. The minimum atomic E-state index is -0.0813. The van der Waals surface area contributed by atoms with Crippen LogP contribution < -0.4 is 5.32 Å². The van der Waals surface area contributed by atoms with Gasteiger partial charge in [-0.25, -0.2) is 4.68 Å². The number of aromatic nitrogens is 2. The van der Waals surface area contributed by atoms with Crippen LogP contribution >= 0.6 is 11.3 Å². The highest BCUT2D eigenvalue weighted by atomic mass is 32.1. The second kappa shape index (κ2) is 9.18. The van der Waals surface area contributed by atoms with Crippen molar-refractivity contribution in [3.63, 3.8) is 0 Å². The Balaban J connectivity index is 1.43. The molecule has 1 amide bonds. The predicted molar refractivity (Wildman–Crippen MR) is 117 cm³/mol. The molecule has 0 bridgehead atoms. The largest absolute Gasteiger partial charge is 0.356 e. The van der Waals surface area contributed by atoms with Gasteiger partial charge in [0.15, 0.2) is 5.78 Å². The molecule has 3 aromatic rings. The third kappa shape index (κ3) is 5.41. The number of hydrogen-bond donors (Lipinski definition) is 1. The fourth-order valence-electron chi connectivity index (χ4n) is 3.40. The summed E-state index contributed by atoms with van der Waals surface area (Å²) in [6.07, 6.45) is 1.23. The van der Waals surface area contributed by atoms with Gasteiger partial charge in [-0.05, 0) is 63.9 Å². The first-order chi connectivity index (χ1) is 13.8. The lowest BCUT2D eigenvalue weighted by molar-refractivity contribution is -0.121. The van der Waals surface area contributed by atoms with E-state index in [4.69, 9.17) is 0 Å². The van der Waals surface area contributed by atoms with Gasteiger partial charge in [-0.15, -0.1) is 11.3 Å². The quantitative estimate of drug-likeness (QED) is 0.558. The molecule has 2 heterocycles. The SMILES string of the molecule is Cc1cc(C)n(-c2ccc(CCNC(=O)CCC(=O)c3cc(C)sc3C)cc2)n1. The van der Waals surface area contributed by atoms with Crippen LogP contribution in [0.2, 0.25) is 0 Å². The van der Waals surface area contributed by atoms with Crippen LogP contribution in [0.5, 0.6) is 0 Å². The van der Waals surface area contributed by atoms with Crippen molar-refractivity contribution in [1.29, 1.82) is 0 Å². The summed E-state index contributed by atoms with van der Waals surface area (Å²) in [7, 11) is 0. The second-order valence-electron chi connectivity index (χ2n) is 7.36. The van der Waals surface area contributed by atoms with E-state index < -0.39 is 0 Å². The number of ketones is 1. The van der Waals surface area contributed by atoms with E-state index in [1.165, 1.54) is 0 Å². The number of benzene rings is 1. The molecule has 1 N–H and O–H groups in total. The van der Waals surface area contributed by atoms with Crippen molar-refractivity contribution >= 4 is 23.0 Å². The molecule has 0 radical (unpaired) electrons. The average Bonchev–Trinajstić information content (AvgIpc) is 3.20. The third-order valence-corrected chi connectivity index (χ3v) is 5.81. The van der Waals surface area contributed by atoms with Crippen LogP contribution in [0.15, 0.2) is 36.4 Å². The van der Waals surface area contributed by atoms with Gasteiger partial charge >= 0.3 is 0 Å². The Morgan fingerprint density at radius 3 is 2.34 bits per heavy atom. The summed E-state index contributed by atoms with van der Waals surface area (Å²) in [5, 5.41) is 7.40. The molecule has 1 aromatic carbocycles. The van der Waals surface area contributed by atoms with Gasteiger partial charge in [0.2, 0.25) is 5.91 Å². The van der Waals surface area contributed by atoms with E-state index in [-0.39, 0.29) is 24.5 Å². The highest BCUT2D eigenvalue weighted by Gasteiger charge is 2.13. The molecule has 2 aromatic heterocycles. The summed E-state index contributed by atoms with van der Waals surface area (Å²) in [5.74, 6) is -0.0380. The van der Waals surface area contributed by atoms with Crippen molar-refractivity contribution in [3.05, 3.63) is 68.7 Å². The number of thiophene rings is 1. The summed E-state index contributed by atoms with van der Waals surface area (Å²) in [6.45, 7) is 8.52. The number of nitrogens with zero attached hydrogens (tertiary/aromatic N) is 2. The monoisotopic (exact) mass is 409 g/mol. The lowest BCUT2D eigenvalue weighted by atomic mass is 10.1. The Hall–Kier alpha value is -2.73. The van der Waals surface area contributed by atoms with Crippen molar-refractivity contribution < 1.29 is 9.59 Å². The molecule has 0 atom stereocenters. The van der Waals surface area contributed by atoms with Crippen LogP contribution in [0.3, 0.4) is 0 Å². The molecule has 5 nitrogen and oxygen atoms in total. The van der Waals surface area contributed by atoms with E-state index in [0.717, 1.165) is 44.4 Å². The molecule has 152 valence electrons. The van der Waals surface area contributed by atoms with E-state index in [9.17, 15) is 9.59 Å². The van der Waals surface area contributed by atoms with Gasteiger partial charge in [-0.1, -0.05) is 12.1 Å². The lowest BCUT2D eigenvalue weighted by Crippen LogP contribution is -2.26. The molecule has 0 aliphatic heterocycles. The summed E-state index contributed by atoms with van der Waals surface area (Å²) < 4.78 is 1.93. The third-order valence-electron chi connectivity index (χ3n) is 4.85. The lowest BCUT2D eigenvalue weighted by Gasteiger charge is -2.08. The van der Waals surface area contributed by atoms with Crippen molar-refractivity contribution in [2.75, 3.05) is 6.54 Å². The molecule has 0 fully saturated rings. The van der Waals surface area contributed by atoms with E-state index in [1.807, 2.05) is 50.6 Å². The number of carbonyl (C=O) groups excluding carboxylic acids is 2. The number of aryl methyl sites for hydroxylation is 4. The summed E-state index contributed by atoms with van der Waals surface area (Å²) in [4.78, 5) is 26.5. The van der Waals surface area contributed by atoms with E-state index >= 15 is 0 Å². The van der Waals surface area contributed by atoms with E-state index in [2.05, 4.69) is 28.6 Å². The first kappa shape index (κ1) is 21.0. The standard InChI is InChI=1S/C23H27N3O2S/c1-15-13-16(2)26(25-15)20-7-5-19(6-8-20)11-12-24-23(28)10-9-22(27)21-14-17(3)29-18(21)4/h5-8,13-14H,9-12H2,1-4H3,(H,24,28). The minimum Gasteiger partial charge on any atom is -0.356 e. The molecule has 0 saturated heterocycles. The summed E-state index contributed by atoms with van der Waals surface area (Å²) in [5.41, 5.74) is 5.03. The van der Waals surface area contributed by atoms with E-state index in [0.29, 0.717) is 6.54 Å². The topological polar surface area (TPSA) is 64.0 Å². The number of nitrogens with one attached hydrogen (secondary N) is 1. The Labute approximate surface area is 175 Å². The van der Waals surface area contributed by atoms with Gasteiger partial charge in [0.25, 0.3) is 0 Å². The fourth-order valence-corrected chi connectivity index (χ4v) is 4.34. The molecule has 0 saturated carbocycles. The Bertz CT molecular complexity index is 1020. The maximum absolute atomic E-state index is 12.3. The van der Waals surface area contributed by atoms with Crippen LogP contribution in [0.1, 0.15) is 49.9 Å². The number of carbonyl (C=O) groups is 2. The first-order valence-corrected chi connectivity index (χ1v) is 10.6. The molecule has 29 heavy (non-hydrogen) atoms. The summed E-state index contributed by atoms with van der Waals surface area (Å²) in [6, 6.07) is 12.2. The van der Waals surface area contributed by atoms with Gasteiger partial charge < -0.3 is 5.32 Å². The van der Waals surface area contributed by atoms with Crippen LogP contribution in [-0.4, -0.2) is 28.0 Å². The van der Waals surface area contributed by atoms with Gasteiger partial charge in [0.1, 0.15) is 0 Å². The van der Waals surface area contributed by atoms with Crippen molar-refractivity contribution in [2.45, 2.75) is 47.0 Å². The second-order valence-corrected chi connectivity index (χ2v) is 8.82. The smallest absolute Gasteiger partial charge is 0.220 e. The van der Waals surface area contributed by atoms with Crippen LogP contribution in [0, 0.1) is 27.7 Å². The maximum Gasteiger partial charge on any atom is 0.220 e. The van der Waals surface area contributed by atoms with Crippen LogP contribution in [0.25, 0.3) is 5.69 Å². The minimum absolute atomic E-state index is 0.0433. The zero-order valence-corrected chi connectivity index (χ0v) is 18.2. The normalized spacial score (nSPS) is 10.9. The highest BCUT2D eigenvalue weighted by Crippen LogP contribution is 2.22. The highest BCUT2D eigenvalue weighted by molar-refractivity contribution is 7.12. The van der Waals surface area contributed by atoms with Crippen molar-refractivity contribution in [1.82, 2.24) is 15.1 Å². The molecule has 6 heteroatoms. The Morgan fingerprint density at radius 1 is 1.03 bits per heavy atom. The molecule has 0 unspecified atom stereocenters. The van der Waals surface area contributed by atoms with Gasteiger partial charge in [0, 0.05) is 40.4 Å². The Kier molecular flexibility index (Phi) is 6.64. The number of amides is 1. The van der Waals surface area contributed by atoms with Gasteiger partial charge in [-0.3, -0.25) is 9.59 Å².